The maximum Gasteiger partial charge on any atom is 0.424 e. The van der Waals surface area contributed by atoms with Crippen molar-refractivity contribution in [3.8, 4) is 0 Å². The van der Waals surface area contributed by atoms with Crippen molar-refractivity contribution >= 4 is 29.5 Å². The van der Waals surface area contributed by atoms with Crippen molar-refractivity contribution < 1.29 is 23.9 Å². The molecular formula is C18H27N3O5. The first-order valence-corrected chi connectivity index (χ1v) is 8.18. The van der Waals surface area contributed by atoms with Crippen molar-refractivity contribution in [2.45, 2.75) is 52.7 Å². The Morgan fingerprint density at radius 1 is 0.923 bits per heavy atom. The van der Waals surface area contributed by atoms with Crippen LogP contribution in [-0.4, -0.2) is 35.8 Å². The van der Waals surface area contributed by atoms with E-state index < -0.39 is 23.4 Å². The van der Waals surface area contributed by atoms with E-state index >= 15 is 0 Å². The summed E-state index contributed by atoms with van der Waals surface area (Å²) in [4.78, 5) is 37.2. The fourth-order valence-electron chi connectivity index (χ4n) is 1.81. The van der Waals surface area contributed by atoms with Crippen LogP contribution in [-0.2, 0) is 14.3 Å². The molecule has 0 unspecified atom stereocenters. The van der Waals surface area contributed by atoms with Crippen molar-refractivity contribution in [2.75, 3.05) is 16.8 Å². The van der Waals surface area contributed by atoms with Crippen molar-refractivity contribution in [3.05, 3.63) is 24.3 Å². The van der Waals surface area contributed by atoms with Crippen LogP contribution in [0, 0.1) is 0 Å². The zero-order valence-electron chi connectivity index (χ0n) is 16.1. The molecule has 0 fully saturated rings. The minimum atomic E-state index is -0.856. The van der Waals surface area contributed by atoms with E-state index in [1.807, 2.05) is 0 Å². The molecule has 1 aromatic carbocycles. The summed E-state index contributed by atoms with van der Waals surface area (Å²) in [6.45, 7) is 10.0. The maximum atomic E-state index is 12.5. The number of benzene rings is 1. The number of hydrogen-bond acceptors (Lipinski definition) is 6. The van der Waals surface area contributed by atoms with Gasteiger partial charge in [0.15, 0.2) is 0 Å². The summed E-state index contributed by atoms with van der Waals surface area (Å²) in [7, 11) is 0. The molecule has 144 valence electrons. The number of nitrogens with zero attached hydrogens (tertiary/aromatic N) is 1. The van der Waals surface area contributed by atoms with Crippen LogP contribution in [0.5, 0.6) is 0 Å². The highest BCUT2D eigenvalue weighted by Gasteiger charge is 2.32. The van der Waals surface area contributed by atoms with E-state index in [9.17, 15) is 14.4 Å². The Kier molecular flexibility index (Phi) is 6.74. The largest absolute Gasteiger partial charge is 0.443 e. The lowest BCUT2D eigenvalue weighted by molar-refractivity contribution is -0.114. The number of nitrogens with one attached hydrogen (secondary N) is 1. The van der Waals surface area contributed by atoms with Crippen LogP contribution in [0.3, 0.4) is 0 Å². The van der Waals surface area contributed by atoms with Crippen molar-refractivity contribution in [1.82, 2.24) is 0 Å². The van der Waals surface area contributed by atoms with Gasteiger partial charge in [-0.2, -0.15) is 4.90 Å². The summed E-state index contributed by atoms with van der Waals surface area (Å²) >= 11 is 0. The standard InChI is InChI=1S/C18H27N3O5/c1-17(2,3)25-15(23)21(16(24)26-18(4,5)6)13-9-7-12(8-10-13)20-14(22)11-19/h7-10H,11,19H2,1-6H3,(H,20,22). The molecule has 8 nitrogen and oxygen atoms in total. The van der Waals surface area contributed by atoms with E-state index in [1.54, 1.807) is 53.7 Å². The Morgan fingerprint density at radius 2 is 1.35 bits per heavy atom. The fraction of sp³-hybridized carbons (Fsp3) is 0.500. The second kappa shape index (κ2) is 8.18. The van der Waals surface area contributed by atoms with Crippen molar-refractivity contribution in [1.29, 1.82) is 0 Å². The summed E-state index contributed by atoms with van der Waals surface area (Å²) in [5.41, 5.74) is 4.41. The van der Waals surface area contributed by atoms with Gasteiger partial charge in [0.05, 0.1) is 12.2 Å². The molecule has 1 rings (SSSR count). The molecule has 0 aromatic heterocycles. The molecule has 0 saturated carbocycles. The normalized spacial score (nSPS) is 11.5. The number of amides is 3. The van der Waals surface area contributed by atoms with Crippen LogP contribution in [0.15, 0.2) is 24.3 Å². The molecule has 0 saturated heterocycles. The number of ether oxygens (including phenoxy) is 2. The highest BCUT2D eigenvalue weighted by Crippen LogP contribution is 2.23. The van der Waals surface area contributed by atoms with Gasteiger partial charge in [0.1, 0.15) is 11.2 Å². The second-order valence-electron chi connectivity index (χ2n) is 7.60. The molecular weight excluding hydrogens is 338 g/mol. The first kappa shape index (κ1) is 21.4. The smallest absolute Gasteiger partial charge is 0.424 e. The Bertz CT molecular complexity index is 629. The predicted molar refractivity (Wildman–Crippen MR) is 99.1 cm³/mol. The predicted octanol–water partition coefficient (Wildman–Crippen LogP) is 3.26. The van der Waals surface area contributed by atoms with Gasteiger partial charge in [-0.05, 0) is 65.8 Å². The third kappa shape index (κ3) is 7.10. The van der Waals surface area contributed by atoms with Crippen LogP contribution in [0.1, 0.15) is 41.5 Å². The first-order valence-electron chi connectivity index (χ1n) is 8.18. The summed E-state index contributed by atoms with van der Waals surface area (Å²) in [6, 6.07) is 6.09. The topological polar surface area (TPSA) is 111 Å². The van der Waals surface area contributed by atoms with Crippen LogP contribution in [0.25, 0.3) is 0 Å². The molecule has 3 N–H and O–H groups in total. The Morgan fingerprint density at radius 3 is 1.69 bits per heavy atom. The average Bonchev–Trinajstić information content (AvgIpc) is 2.45. The molecule has 0 aliphatic carbocycles. The summed E-state index contributed by atoms with van der Waals surface area (Å²) in [6.07, 6.45) is -1.71. The van der Waals surface area contributed by atoms with Gasteiger partial charge in [-0.1, -0.05) is 0 Å². The fourth-order valence-corrected chi connectivity index (χ4v) is 1.81. The van der Waals surface area contributed by atoms with E-state index in [2.05, 4.69) is 5.32 Å². The van der Waals surface area contributed by atoms with Gasteiger partial charge in [-0.25, -0.2) is 9.59 Å². The van der Waals surface area contributed by atoms with Crippen molar-refractivity contribution in [2.24, 2.45) is 5.73 Å². The summed E-state index contributed by atoms with van der Waals surface area (Å²) in [5.74, 6) is -0.353. The SMILES string of the molecule is CC(C)(C)OC(=O)N(C(=O)OC(C)(C)C)c1ccc(NC(=O)CN)cc1. The van der Waals surface area contributed by atoms with E-state index in [4.69, 9.17) is 15.2 Å². The molecule has 26 heavy (non-hydrogen) atoms. The van der Waals surface area contributed by atoms with E-state index in [0.717, 1.165) is 4.90 Å². The quantitative estimate of drug-likeness (QED) is 0.850. The zero-order chi connectivity index (χ0) is 20.1. The van der Waals surface area contributed by atoms with E-state index in [-0.39, 0.29) is 18.1 Å². The Labute approximate surface area is 153 Å². The van der Waals surface area contributed by atoms with Gasteiger partial charge >= 0.3 is 12.2 Å². The minimum absolute atomic E-state index is 0.149. The maximum absolute atomic E-state index is 12.5. The molecule has 0 aliphatic rings. The molecule has 8 heteroatoms. The van der Waals surface area contributed by atoms with Crippen LogP contribution < -0.4 is 16.0 Å². The minimum Gasteiger partial charge on any atom is -0.443 e. The molecule has 0 spiro atoms. The highest BCUT2D eigenvalue weighted by atomic mass is 16.6. The first-order chi connectivity index (χ1) is 11.8. The second-order valence-corrected chi connectivity index (χ2v) is 7.60. The van der Waals surface area contributed by atoms with E-state index in [0.29, 0.717) is 5.69 Å². The van der Waals surface area contributed by atoms with Crippen LogP contribution in [0.2, 0.25) is 0 Å². The van der Waals surface area contributed by atoms with Crippen LogP contribution >= 0.6 is 0 Å². The highest BCUT2D eigenvalue weighted by molar-refractivity contribution is 6.09. The molecule has 0 aliphatic heterocycles. The number of anilines is 2. The number of carbonyl (C=O) groups excluding carboxylic acids is 3. The van der Waals surface area contributed by atoms with Gasteiger partial charge < -0.3 is 20.5 Å². The zero-order valence-corrected chi connectivity index (χ0v) is 16.1. The van der Waals surface area contributed by atoms with Gasteiger partial charge in [-0.15, -0.1) is 0 Å². The molecule has 0 heterocycles. The van der Waals surface area contributed by atoms with Gasteiger partial charge in [0.25, 0.3) is 0 Å². The number of hydrogen-bond donors (Lipinski definition) is 2. The monoisotopic (exact) mass is 365 g/mol. The summed E-state index contributed by atoms with van der Waals surface area (Å²) in [5, 5.41) is 2.58. The average molecular weight is 365 g/mol. The molecule has 0 radical (unpaired) electrons. The number of nitrogens with two attached hydrogens (primary N) is 1. The van der Waals surface area contributed by atoms with E-state index in [1.165, 1.54) is 12.1 Å². The lowest BCUT2D eigenvalue weighted by Crippen LogP contribution is -2.43. The molecule has 1 aromatic rings. The number of carbonyl (C=O) groups is 3. The van der Waals surface area contributed by atoms with Crippen LogP contribution in [0.4, 0.5) is 21.0 Å². The van der Waals surface area contributed by atoms with Gasteiger partial charge in [0, 0.05) is 5.69 Å². The van der Waals surface area contributed by atoms with Gasteiger partial charge in [0.2, 0.25) is 5.91 Å². The van der Waals surface area contributed by atoms with Crippen molar-refractivity contribution in [3.63, 3.8) is 0 Å². The lowest BCUT2D eigenvalue weighted by atomic mass is 10.2. The number of rotatable bonds is 3. The third-order valence-electron chi connectivity index (χ3n) is 2.75. The van der Waals surface area contributed by atoms with Gasteiger partial charge in [-0.3, -0.25) is 4.79 Å². The molecule has 0 bridgehead atoms. The molecule has 3 amide bonds. The summed E-state index contributed by atoms with van der Waals surface area (Å²) < 4.78 is 10.6. The molecule has 0 atom stereocenters. The third-order valence-corrected chi connectivity index (χ3v) is 2.75. The Hall–Kier alpha value is -2.61. The lowest BCUT2D eigenvalue weighted by Gasteiger charge is -2.28. The Balaban J connectivity index is 3.13. The number of imide groups is 1.